The third-order valence-electron chi connectivity index (χ3n) is 2.83. The third-order valence-corrected chi connectivity index (χ3v) is 5.49. The maximum Gasteiger partial charge on any atom is 0.326 e. The summed E-state index contributed by atoms with van der Waals surface area (Å²) in [5.41, 5.74) is 0. The molecule has 0 spiro atoms. The summed E-state index contributed by atoms with van der Waals surface area (Å²) in [5, 5.41) is 0.501. The van der Waals surface area contributed by atoms with E-state index in [1.54, 1.807) is 6.92 Å². The highest BCUT2D eigenvalue weighted by Crippen LogP contribution is 2.41. The zero-order chi connectivity index (χ0) is 15.6. The Bertz CT molecular complexity index is 547. The molecule has 114 valence electrons. The van der Waals surface area contributed by atoms with E-state index in [-0.39, 0.29) is 30.7 Å². The zero-order valence-electron chi connectivity index (χ0n) is 11.6. The zero-order valence-corrected chi connectivity index (χ0v) is 14.0. The molecule has 6 nitrogen and oxygen atoms in total. The lowest BCUT2D eigenvalue weighted by molar-refractivity contribution is -0.146. The second-order valence-corrected chi connectivity index (χ2v) is 6.73. The van der Waals surface area contributed by atoms with E-state index < -0.39 is 5.97 Å². The van der Waals surface area contributed by atoms with E-state index in [4.69, 9.17) is 17.0 Å². The monoisotopic (exact) mass is 346 g/mol. The minimum absolute atomic E-state index is 0.175. The molecule has 0 saturated carbocycles. The number of ether oxygens (including phenoxy) is 1. The Balaban J connectivity index is 2.27. The maximum absolute atomic E-state index is 12.3. The van der Waals surface area contributed by atoms with Gasteiger partial charge in [0.05, 0.1) is 17.4 Å². The molecule has 0 N–H and O–H groups in total. The first-order valence-corrected chi connectivity index (χ1v) is 8.57. The number of hydrogen-bond acceptors (Lipinski definition) is 7. The maximum atomic E-state index is 12.3. The van der Waals surface area contributed by atoms with Gasteiger partial charge in [-0.05, 0) is 13.8 Å². The molecule has 2 fully saturated rings. The molecule has 0 bridgehead atoms. The van der Waals surface area contributed by atoms with Crippen molar-refractivity contribution in [2.75, 3.05) is 25.4 Å². The molecule has 0 unspecified atom stereocenters. The first kappa shape index (κ1) is 16.3. The number of amides is 2. The molecule has 2 rings (SSSR count). The predicted octanol–water partition coefficient (Wildman–Crippen LogP) is 1.17. The molecule has 0 radical (unpaired) electrons. The van der Waals surface area contributed by atoms with Gasteiger partial charge in [-0.1, -0.05) is 35.7 Å². The number of esters is 1. The van der Waals surface area contributed by atoms with Gasteiger partial charge in [0.25, 0.3) is 5.91 Å². The van der Waals surface area contributed by atoms with Gasteiger partial charge >= 0.3 is 5.97 Å². The van der Waals surface area contributed by atoms with Crippen LogP contribution in [0.15, 0.2) is 9.93 Å². The third kappa shape index (κ3) is 3.24. The molecule has 21 heavy (non-hydrogen) atoms. The lowest BCUT2D eigenvalue weighted by Gasteiger charge is -2.17. The van der Waals surface area contributed by atoms with Crippen LogP contribution in [-0.2, 0) is 19.1 Å². The molecule has 0 aliphatic carbocycles. The highest BCUT2D eigenvalue weighted by atomic mass is 32.2. The van der Waals surface area contributed by atoms with E-state index >= 15 is 0 Å². The van der Waals surface area contributed by atoms with Crippen LogP contribution in [-0.4, -0.2) is 57.4 Å². The minimum Gasteiger partial charge on any atom is -0.465 e. The Labute approximate surface area is 136 Å². The Morgan fingerprint density at radius 2 is 2.05 bits per heavy atom. The van der Waals surface area contributed by atoms with E-state index in [1.807, 2.05) is 6.92 Å². The van der Waals surface area contributed by atoms with Crippen molar-refractivity contribution < 1.29 is 19.1 Å². The predicted molar refractivity (Wildman–Crippen MR) is 85.4 cm³/mol. The number of carbonyl (C=O) groups is 3. The van der Waals surface area contributed by atoms with E-state index in [0.717, 1.165) is 0 Å². The van der Waals surface area contributed by atoms with Crippen LogP contribution in [0, 0.1) is 0 Å². The summed E-state index contributed by atoms with van der Waals surface area (Å²) in [4.78, 5) is 39.0. The van der Waals surface area contributed by atoms with Crippen LogP contribution < -0.4 is 0 Å². The lowest BCUT2D eigenvalue weighted by atomic mass is 10.4. The van der Waals surface area contributed by atoms with Crippen LogP contribution in [0.2, 0.25) is 0 Å². The van der Waals surface area contributed by atoms with Crippen molar-refractivity contribution in [3.63, 3.8) is 0 Å². The van der Waals surface area contributed by atoms with E-state index in [0.29, 0.717) is 20.8 Å². The summed E-state index contributed by atoms with van der Waals surface area (Å²) in [6.07, 6.45) is 0. The van der Waals surface area contributed by atoms with Crippen molar-refractivity contribution in [1.82, 2.24) is 9.80 Å². The van der Waals surface area contributed by atoms with Gasteiger partial charge in [0.15, 0.2) is 0 Å². The number of likely N-dealkylation sites (N-methyl/N-ethyl adjacent to an activating group) is 1. The first-order valence-electron chi connectivity index (χ1n) is 6.36. The topological polar surface area (TPSA) is 66.9 Å². The van der Waals surface area contributed by atoms with Crippen LogP contribution >= 0.6 is 35.7 Å². The number of rotatable bonds is 4. The fourth-order valence-corrected chi connectivity index (χ4v) is 4.49. The Hall–Kier alpha value is -1.06. The molecule has 2 heterocycles. The van der Waals surface area contributed by atoms with Crippen molar-refractivity contribution in [3.8, 4) is 0 Å². The molecule has 0 aromatic heterocycles. The smallest absolute Gasteiger partial charge is 0.326 e. The van der Waals surface area contributed by atoms with Gasteiger partial charge in [-0.25, -0.2) is 0 Å². The molecular formula is C12H14N2O4S3. The molecule has 9 heteroatoms. The minimum atomic E-state index is -0.489. The van der Waals surface area contributed by atoms with E-state index in [9.17, 15) is 14.4 Å². The summed E-state index contributed by atoms with van der Waals surface area (Å²) in [6.45, 7) is 4.10. The highest BCUT2D eigenvalue weighted by Gasteiger charge is 2.39. The molecule has 0 atom stereocenters. The molecule has 2 amide bonds. The lowest BCUT2D eigenvalue weighted by Crippen LogP contribution is -2.33. The van der Waals surface area contributed by atoms with Gasteiger partial charge in [-0.2, -0.15) is 0 Å². The van der Waals surface area contributed by atoms with Gasteiger partial charge in [-0.3, -0.25) is 24.2 Å². The SMILES string of the molecule is CCOC(=O)CN1C(=O)CS/C1=C1/SC(=S)N(CC)C1=O. The fraction of sp³-hybridized carbons (Fsp3) is 0.500. The average molecular weight is 346 g/mol. The van der Waals surface area contributed by atoms with Gasteiger partial charge in [-0.15, -0.1) is 0 Å². The van der Waals surface area contributed by atoms with Gasteiger partial charge in [0.2, 0.25) is 5.91 Å². The quantitative estimate of drug-likeness (QED) is 0.430. The van der Waals surface area contributed by atoms with Crippen molar-refractivity contribution >= 4 is 57.8 Å². The van der Waals surface area contributed by atoms with Crippen LogP contribution in [0.3, 0.4) is 0 Å². The summed E-state index contributed by atoms with van der Waals surface area (Å²) < 4.78 is 5.33. The highest BCUT2D eigenvalue weighted by molar-refractivity contribution is 8.27. The standard InChI is InChI=1S/C12H14N2O4S3/c1-3-13-10(17)9(21-12(13)19)11-14(7(15)6-20-11)5-8(16)18-4-2/h3-6H2,1-2H3/b11-9+. The summed E-state index contributed by atoms with van der Waals surface area (Å²) in [6, 6.07) is 0. The molecule has 0 aromatic carbocycles. The normalized spacial score (nSPS) is 22.5. The number of thiocarbonyl (C=S) groups is 1. The van der Waals surface area contributed by atoms with Crippen molar-refractivity contribution in [1.29, 1.82) is 0 Å². The number of nitrogens with zero attached hydrogens (tertiary/aromatic N) is 2. The van der Waals surface area contributed by atoms with E-state index in [1.165, 1.54) is 33.3 Å². The van der Waals surface area contributed by atoms with Crippen molar-refractivity contribution in [3.05, 3.63) is 9.93 Å². The van der Waals surface area contributed by atoms with Crippen LogP contribution in [0.25, 0.3) is 0 Å². The second-order valence-electron chi connectivity index (χ2n) is 4.13. The fourth-order valence-electron chi connectivity index (χ4n) is 1.88. The Morgan fingerprint density at radius 1 is 1.33 bits per heavy atom. The van der Waals surface area contributed by atoms with Gasteiger partial charge < -0.3 is 4.74 Å². The molecular weight excluding hydrogens is 332 g/mol. The number of thioether (sulfide) groups is 2. The summed E-state index contributed by atoms with van der Waals surface area (Å²) >= 11 is 7.58. The largest absolute Gasteiger partial charge is 0.465 e. The summed E-state index contributed by atoms with van der Waals surface area (Å²) in [5.74, 6) is -0.689. The van der Waals surface area contributed by atoms with Crippen molar-refractivity contribution in [2.24, 2.45) is 0 Å². The second kappa shape index (κ2) is 6.80. The molecule has 2 aliphatic rings. The molecule has 2 saturated heterocycles. The summed E-state index contributed by atoms with van der Waals surface area (Å²) in [7, 11) is 0. The van der Waals surface area contributed by atoms with Crippen LogP contribution in [0.1, 0.15) is 13.8 Å². The average Bonchev–Trinajstić information content (AvgIpc) is 2.91. The van der Waals surface area contributed by atoms with E-state index in [2.05, 4.69) is 0 Å². The first-order chi connectivity index (χ1) is 9.99. The Kier molecular flexibility index (Phi) is 5.28. The van der Waals surface area contributed by atoms with Gasteiger partial charge in [0.1, 0.15) is 15.8 Å². The molecule has 0 aromatic rings. The number of carbonyl (C=O) groups excluding carboxylic acids is 3. The van der Waals surface area contributed by atoms with Crippen LogP contribution in [0.5, 0.6) is 0 Å². The van der Waals surface area contributed by atoms with Gasteiger partial charge in [0, 0.05) is 6.54 Å². The number of hydrogen-bond donors (Lipinski definition) is 0. The van der Waals surface area contributed by atoms with Crippen LogP contribution in [0.4, 0.5) is 0 Å². The molecule has 2 aliphatic heterocycles. The van der Waals surface area contributed by atoms with Crippen molar-refractivity contribution in [2.45, 2.75) is 13.8 Å². The Morgan fingerprint density at radius 3 is 2.62 bits per heavy atom.